The zero-order valence-electron chi connectivity index (χ0n) is 9.53. The van der Waals surface area contributed by atoms with E-state index >= 15 is 0 Å². The minimum Gasteiger partial charge on any atom is -0.360 e. The number of rotatable bonds is 1. The molecule has 1 saturated heterocycles. The van der Waals surface area contributed by atoms with E-state index in [9.17, 15) is 17.6 Å². The van der Waals surface area contributed by atoms with E-state index < -0.39 is 24.8 Å². The Hall–Kier alpha value is -0.970. The number of piperidine rings is 1. The van der Waals surface area contributed by atoms with E-state index in [4.69, 9.17) is 0 Å². The molecule has 1 aromatic rings. The van der Waals surface area contributed by atoms with Gasteiger partial charge in [0, 0.05) is 18.7 Å². The molecule has 2 unspecified atom stereocenters. The van der Waals surface area contributed by atoms with Crippen LogP contribution < -0.4 is 4.90 Å². The molecule has 0 radical (unpaired) electrons. The van der Waals surface area contributed by atoms with Crippen LogP contribution in [0.25, 0.3) is 0 Å². The number of nitrogens with zero attached hydrogens (tertiary/aromatic N) is 1. The molecule has 0 aromatic heterocycles. The summed E-state index contributed by atoms with van der Waals surface area (Å²) in [6.07, 6.45) is -6.07. The lowest BCUT2D eigenvalue weighted by Gasteiger charge is -2.39. The quantitative estimate of drug-likeness (QED) is 0.705. The monoisotopic (exact) mass is 283 g/mol. The first-order chi connectivity index (χ1) is 7.98. The van der Waals surface area contributed by atoms with Gasteiger partial charge in [-0.25, -0.2) is 4.39 Å². The highest BCUT2D eigenvalue weighted by Gasteiger charge is 2.47. The third-order valence-corrected chi connectivity index (χ3v) is 3.00. The van der Waals surface area contributed by atoms with E-state index in [2.05, 4.69) is 0 Å². The number of benzene rings is 1. The van der Waals surface area contributed by atoms with Crippen molar-refractivity contribution in [1.82, 2.24) is 0 Å². The topological polar surface area (TPSA) is 3.24 Å². The van der Waals surface area contributed by atoms with Crippen LogP contribution in [0.3, 0.4) is 0 Å². The standard InChI is InChI=1S/C12H13F4N.ClH/c13-9-6-7-17(10-4-2-1-3-5-10)11(8-9)12(14,15)16;/h1-5,9,11H,6-8H2;1H. The van der Waals surface area contributed by atoms with Crippen LogP contribution >= 0.6 is 12.4 Å². The van der Waals surface area contributed by atoms with Crippen molar-refractivity contribution in [2.24, 2.45) is 0 Å². The Balaban J connectivity index is 0.00000162. The summed E-state index contributed by atoms with van der Waals surface area (Å²) >= 11 is 0. The van der Waals surface area contributed by atoms with Crippen LogP contribution in [0.2, 0.25) is 0 Å². The Kier molecular flexibility index (Phi) is 4.85. The lowest BCUT2D eigenvalue weighted by molar-refractivity contribution is -0.156. The van der Waals surface area contributed by atoms with Crippen LogP contribution in [0.4, 0.5) is 23.2 Å². The van der Waals surface area contributed by atoms with Crippen molar-refractivity contribution < 1.29 is 17.6 Å². The maximum absolute atomic E-state index is 13.1. The number of alkyl halides is 4. The van der Waals surface area contributed by atoms with Gasteiger partial charge < -0.3 is 4.90 Å². The van der Waals surface area contributed by atoms with E-state index in [-0.39, 0.29) is 25.4 Å². The molecule has 1 nitrogen and oxygen atoms in total. The highest BCUT2D eigenvalue weighted by molar-refractivity contribution is 5.85. The number of hydrogen-bond acceptors (Lipinski definition) is 1. The average molecular weight is 284 g/mol. The van der Waals surface area contributed by atoms with Crippen LogP contribution in [-0.2, 0) is 0 Å². The van der Waals surface area contributed by atoms with Crippen molar-refractivity contribution in [2.45, 2.75) is 31.2 Å². The zero-order valence-corrected chi connectivity index (χ0v) is 10.3. The number of halogens is 5. The van der Waals surface area contributed by atoms with E-state index in [1.807, 2.05) is 0 Å². The minimum atomic E-state index is -4.39. The summed E-state index contributed by atoms with van der Waals surface area (Å²) in [5.74, 6) is 0. The van der Waals surface area contributed by atoms with Crippen LogP contribution in [0.1, 0.15) is 12.8 Å². The molecule has 0 bridgehead atoms. The molecule has 0 saturated carbocycles. The maximum Gasteiger partial charge on any atom is 0.408 e. The van der Waals surface area contributed by atoms with Crippen LogP contribution in [-0.4, -0.2) is 24.9 Å². The van der Waals surface area contributed by atoms with Gasteiger partial charge in [0.1, 0.15) is 12.2 Å². The fourth-order valence-electron chi connectivity index (χ4n) is 2.16. The third-order valence-electron chi connectivity index (χ3n) is 3.00. The molecule has 1 fully saturated rings. The third kappa shape index (κ3) is 3.28. The van der Waals surface area contributed by atoms with Crippen molar-refractivity contribution in [1.29, 1.82) is 0 Å². The van der Waals surface area contributed by atoms with E-state index in [1.165, 1.54) is 4.90 Å². The molecule has 0 amide bonds. The lowest BCUT2D eigenvalue weighted by Crippen LogP contribution is -2.51. The summed E-state index contributed by atoms with van der Waals surface area (Å²) in [7, 11) is 0. The van der Waals surface area contributed by atoms with Crippen LogP contribution in [0.15, 0.2) is 30.3 Å². The highest BCUT2D eigenvalue weighted by atomic mass is 35.5. The average Bonchev–Trinajstić information content (AvgIpc) is 2.29. The summed E-state index contributed by atoms with van der Waals surface area (Å²) in [6, 6.07) is 6.64. The molecule has 0 aliphatic carbocycles. The Morgan fingerprint density at radius 2 is 1.72 bits per heavy atom. The van der Waals surface area contributed by atoms with Gasteiger partial charge in [-0.3, -0.25) is 0 Å². The second-order valence-corrected chi connectivity index (χ2v) is 4.21. The van der Waals surface area contributed by atoms with Crippen LogP contribution in [0, 0.1) is 0 Å². The molecule has 0 N–H and O–H groups in total. The van der Waals surface area contributed by atoms with Gasteiger partial charge in [0.25, 0.3) is 0 Å². The molecule has 102 valence electrons. The minimum absolute atomic E-state index is 0. The van der Waals surface area contributed by atoms with Gasteiger partial charge in [0.2, 0.25) is 0 Å². The second kappa shape index (κ2) is 5.78. The Labute approximate surface area is 109 Å². The summed E-state index contributed by atoms with van der Waals surface area (Å²) in [5, 5.41) is 0. The van der Waals surface area contributed by atoms with Gasteiger partial charge in [0.15, 0.2) is 0 Å². The van der Waals surface area contributed by atoms with Crippen molar-refractivity contribution in [3.8, 4) is 0 Å². The van der Waals surface area contributed by atoms with Crippen molar-refractivity contribution in [2.75, 3.05) is 11.4 Å². The van der Waals surface area contributed by atoms with Gasteiger partial charge in [-0.2, -0.15) is 13.2 Å². The molecule has 18 heavy (non-hydrogen) atoms. The molecule has 1 aliphatic rings. The molecule has 0 spiro atoms. The fourth-order valence-corrected chi connectivity index (χ4v) is 2.16. The molecular weight excluding hydrogens is 270 g/mol. The molecule has 1 heterocycles. The second-order valence-electron chi connectivity index (χ2n) is 4.21. The van der Waals surface area contributed by atoms with Crippen molar-refractivity contribution >= 4 is 18.1 Å². The molecule has 1 aliphatic heterocycles. The van der Waals surface area contributed by atoms with Gasteiger partial charge in [-0.15, -0.1) is 12.4 Å². The van der Waals surface area contributed by atoms with E-state index in [0.29, 0.717) is 5.69 Å². The largest absolute Gasteiger partial charge is 0.408 e. The van der Waals surface area contributed by atoms with Gasteiger partial charge in [-0.1, -0.05) is 18.2 Å². The number of para-hydroxylation sites is 1. The molecular formula is C12H14ClF4N. The summed E-state index contributed by atoms with van der Waals surface area (Å²) in [4.78, 5) is 1.25. The molecule has 6 heteroatoms. The van der Waals surface area contributed by atoms with Gasteiger partial charge in [0.05, 0.1) is 0 Å². The first kappa shape index (κ1) is 15.1. The van der Waals surface area contributed by atoms with Crippen molar-refractivity contribution in [3.63, 3.8) is 0 Å². The summed E-state index contributed by atoms with van der Waals surface area (Å²) < 4.78 is 51.7. The van der Waals surface area contributed by atoms with E-state index in [0.717, 1.165) is 0 Å². The Bertz CT molecular complexity index is 368. The van der Waals surface area contributed by atoms with Gasteiger partial charge in [-0.05, 0) is 18.6 Å². The zero-order chi connectivity index (χ0) is 12.5. The predicted octanol–water partition coefficient (Wildman–Crippen LogP) is 3.98. The lowest BCUT2D eigenvalue weighted by atomic mass is 9.99. The fraction of sp³-hybridized carbons (Fsp3) is 0.500. The van der Waals surface area contributed by atoms with E-state index in [1.54, 1.807) is 30.3 Å². The summed E-state index contributed by atoms with van der Waals surface area (Å²) in [5.41, 5.74) is 0.502. The first-order valence-corrected chi connectivity index (χ1v) is 5.51. The van der Waals surface area contributed by atoms with Crippen LogP contribution in [0.5, 0.6) is 0 Å². The smallest absolute Gasteiger partial charge is 0.360 e. The summed E-state index contributed by atoms with van der Waals surface area (Å²) in [6.45, 7) is 0.107. The number of hydrogen-bond donors (Lipinski definition) is 0. The predicted molar refractivity (Wildman–Crippen MR) is 65.0 cm³/mol. The first-order valence-electron chi connectivity index (χ1n) is 5.51. The van der Waals surface area contributed by atoms with Gasteiger partial charge >= 0.3 is 6.18 Å². The maximum atomic E-state index is 13.1. The molecule has 1 aromatic carbocycles. The Morgan fingerprint density at radius 3 is 2.28 bits per heavy atom. The highest BCUT2D eigenvalue weighted by Crippen LogP contribution is 2.35. The molecule has 2 rings (SSSR count). The molecule has 2 atom stereocenters. The van der Waals surface area contributed by atoms with Crippen molar-refractivity contribution in [3.05, 3.63) is 30.3 Å². The SMILES string of the molecule is Cl.FC1CCN(c2ccccc2)C(C(F)(F)F)C1. The Morgan fingerprint density at radius 1 is 1.11 bits per heavy atom. The number of anilines is 1. The normalized spacial score (nSPS) is 24.6.